The van der Waals surface area contributed by atoms with Gasteiger partial charge in [0, 0.05) is 50.5 Å². The van der Waals surface area contributed by atoms with E-state index >= 15 is 0 Å². The molecule has 1 heterocycles. The lowest BCUT2D eigenvalue weighted by molar-refractivity contribution is 0.0680. The quantitative estimate of drug-likeness (QED) is 0.743. The minimum Gasteiger partial charge on any atom is -0.389 e. The monoisotopic (exact) mass is 264 g/mol. The van der Waals surface area contributed by atoms with Gasteiger partial charge in [0.2, 0.25) is 0 Å². The summed E-state index contributed by atoms with van der Waals surface area (Å²) in [6.45, 7) is 10.4. The summed E-state index contributed by atoms with van der Waals surface area (Å²) in [6, 6.07) is 1.65. The van der Waals surface area contributed by atoms with Crippen LogP contribution in [0.4, 0.5) is 0 Å². The zero-order valence-electron chi connectivity index (χ0n) is 12.1. The summed E-state index contributed by atoms with van der Waals surface area (Å²) in [5, 5.41) is 10.8. The summed E-state index contributed by atoms with van der Waals surface area (Å²) in [7, 11) is 0. The Morgan fingerprint density at radius 2 is 2.00 bits per heavy atom. The van der Waals surface area contributed by atoms with Crippen LogP contribution in [0.3, 0.4) is 0 Å². The summed E-state index contributed by atoms with van der Waals surface area (Å²) in [5.41, 5.74) is 0. The minimum atomic E-state index is 0.295. The lowest BCUT2D eigenvalue weighted by Gasteiger charge is -2.43. The number of nitrogens with zero attached hydrogens (tertiary/aromatic N) is 2. The minimum absolute atomic E-state index is 0.295. The van der Waals surface area contributed by atoms with Crippen LogP contribution in [0.25, 0.3) is 0 Å². The maximum atomic E-state index is 7.37. The van der Waals surface area contributed by atoms with Crippen LogP contribution >= 0.6 is 0 Å². The molecule has 0 bridgehead atoms. The Morgan fingerprint density at radius 3 is 2.63 bits per heavy atom. The molecule has 19 heavy (non-hydrogen) atoms. The smallest absolute Gasteiger partial charge is 0.0416 e. The van der Waals surface area contributed by atoms with Crippen LogP contribution in [-0.4, -0.2) is 60.3 Å². The fraction of sp³-hybridized carbons (Fsp3) is 0.800. The van der Waals surface area contributed by atoms with E-state index in [4.69, 9.17) is 5.41 Å². The molecule has 1 saturated carbocycles. The Morgan fingerprint density at radius 1 is 1.26 bits per heavy atom. The van der Waals surface area contributed by atoms with Gasteiger partial charge in [0.15, 0.2) is 0 Å². The van der Waals surface area contributed by atoms with Crippen molar-refractivity contribution >= 4 is 6.21 Å². The van der Waals surface area contributed by atoms with Crippen LogP contribution in [0.1, 0.15) is 32.6 Å². The fourth-order valence-corrected chi connectivity index (χ4v) is 3.43. The van der Waals surface area contributed by atoms with Gasteiger partial charge in [-0.15, -0.1) is 0 Å². The van der Waals surface area contributed by atoms with Crippen LogP contribution in [0.5, 0.6) is 0 Å². The largest absolute Gasteiger partial charge is 0.389 e. The molecule has 108 valence electrons. The average Bonchev–Trinajstić information content (AvgIpc) is 2.47. The third kappa shape index (κ3) is 3.80. The Balaban J connectivity index is 1.80. The van der Waals surface area contributed by atoms with E-state index in [1.165, 1.54) is 25.7 Å². The van der Waals surface area contributed by atoms with Crippen molar-refractivity contribution in [3.05, 3.63) is 12.8 Å². The van der Waals surface area contributed by atoms with Gasteiger partial charge in [-0.25, -0.2) is 0 Å². The third-order valence-corrected chi connectivity index (χ3v) is 4.68. The highest BCUT2D eigenvalue weighted by atomic mass is 15.3. The van der Waals surface area contributed by atoms with Crippen LogP contribution in [0.2, 0.25) is 0 Å². The highest BCUT2D eigenvalue weighted by molar-refractivity contribution is 5.59. The lowest BCUT2D eigenvalue weighted by Crippen LogP contribution is -2.54. The summed E-state index contributed by atoms with van der Waals surface area (Å²) in [4.78, 5) is 5.07. The van der Waals surface area contributed by atoms with Crippen LogP contribution < -0.4 is 5.32 Å². The molecule has 4 nitrogen and oxygen atoms in total. The first-order chi connectivity index (χ1) is 9.24. The molecule has 0 spiro atoms. The van der Waals surface area contributed by atoms with Gasteiger partial charge >= 0.3 is 0 Å². The van der Waals surface area contributed by atoms with Gasteiger partial charge in [-0.05, 0) is 38.8 Å². The van der Waals surface area contributed by atoms with E-state index in [1.807, 2.05) is 6.20 Å². The van der Waals surface area contributed by atoms with E-state index in [0.717, 1.165) is 32.2 Å². The molecule has 1 aliphatic heterocycles. The van der Waals surface area contributed by atoms with E-state index in [-0.39, 0.29) is 0 Å². The van der Waals surface area contributed by atoms with Crippen molar-refractivity contribution in [3.63, 3.8) is 0 Å². The van der Waals surface area contributed by atoms with Gasteiger partial charge < -0.3 is 10.7 Å². The molecule has 0 aromatic heterocycles. The van der Waals surface area contributed by atoms with Crippen molar-refractivity contribution in [3.8, 4) is 0 Å². The van der Waals surface area contributed by atoms with E-state index < -0.39 is 0 Å². The number of hydrogen-bond donors (Lipinski definition) is 2. The molecule has 1 aliphatic carbocycles. The SMILES string of the molecule is C=CN[C@H]1CCC[C@@H](N2CCN(C(C)C=N)CC2)C1. The summed E-state index contributed by atoms with van der Waals surface area (Å²) in [5.74, 6) is 0. The number of rotatable bonds is 5. The molecule has 1 unspecified atom stereocenters. The molecule has 3 atom stereocenters. The Hall–Kier alpha value is -0.870. The maximum absolute atomic E-state index is 7.37. The molecule has 0 aromatic carbocycles. The van der Waals surface area contributed by atoms with Crippen LogP contribution in [0, 0.1) is 5.41 Å². The van der Waals surface area contributed by atoms with Crippen molar-refractivity contribution in [2.45, 2.75) is 50.7 Å². The highest BCUT2D eigenvalue weighted by Crippen LogP contribution is 2.24. The second-order valence-corrected chi connectivity index (χ2v) is 5.87. The van der Waals surface area contributed by atoms with E-state index in [0.29, 0.717) is 12.1 Å². The number of piperazine rings is 1. The predicted octanol–water partition coefficient (Wildman–Crippen LogP) is 1.69. The Bertz CT molecular complexity index is 297. The van der Waals surface area contributed by atoms with Crippen molar-refractivity contribution in [1.82, 2.24) is 15.1 Å². The second-order valence-electron chi connectivity index (χ2n) is 5.87. The molecule has 2 N–H and O–H groups in total. The number of nitrogens with one attached hydrogen (secondary N) is 2. The second kappa shape index (κ2) is 7.06. The summed E-state index contributed by atoms with van der Waals surface area (Å²) in [6.07, 6.45) is 8.61. The zero-order chi connectivity index (χ0) is 13.7. The third-order valence-electron chi connectivity index (χ3n) is 4.68. The molecule has 0 aromatic rings. The highest BCUT2D eigenvalue weighted by Gasteiger charge is 2.29. The van der Waals surface area contributed by atoms with Crippen molar-refractivity contribution in [2.75, 3.05) is 26.2 Å². The number of hydrogen-bond acceptors (Lipinski definition) is 4. The summed E-state index contributed by atoms with van der Waals surface area (Å²) < 4.78 is 0. The first-order valence-electron chi connectivity index (χ1n) is 7.60. The van der Waals surface area contributed by atoms with Gasteiger partial charge in [0.1, 0.15) is 0 Å². The maximum Gasteiger partial charge on any atom is 0.0416 e. The Labute approximate surface area is 117 Å². The molecular formula is C15H28N4. The molecule has 2 aliphatic rings. The lowest BCUT2D eigenvalue weighted by atomic mass is 9.89. The zero-order valence-corrected chi connectivity index (χ0v) is 12.1. The molecule has 2 fully saturated rings. The van der Waals surface area contributed by atoms with Crippen molar-refractivity contribution < 1.29 is 0 Å². The average molecular weight is 264 g/mol. The van der Waals surface area contributed by atoms with Gasteiger partial charge in [-0.3, -0.25) is 9.80 Å². The van der Waals surface area contributed by atoms with E-state index in [1.54, 1.807) is 6.21 Å². The molecule has 0 radical (unpaired) electrons. The summed E-state index contributed by atoms with van der Waals surface area (Å²) >= 11 is 0. The topological polar surface area (TPSA) is 42.4 Å². The van der Waals surface area contributed by atoms with Crippen molar-refractivity contribution in [1.29, 1.82) is 5.41 Å². The molecule has 0 amide bonds. The Kier molecular flexibility index (Phi) is 5.40. The predicted molar refractivity (Wildman–Crippen MR) is 80.8 cm³/mol. The molecule has 4 heteroatoms. The normalized spacial score (nSPS) is 31.6. The molecular weight excluding hydrogens is 236 g/mol. The molecule has 2 rings (SSSR count). The first kappa shape index (κ1) is 14.5. The fourth-order valence-electron chi connectivity index (χ4n) is 3.43. The van der Waals surface area contributed by atoms with E-state index in [9.17, 15) is 0 Å². The molecule has 1 saturated heterocycles. The van der Waals surface area contributed by atoms with Gasteiger partial charge in [0.25, 0.3) is 0 Å². The van der Waals surface area contributed by atoms with Gasteiger partial charge in [0.05, 0.1) is 0 Å². The van der Waals surface area contributed by atoms with E-state index in [2.05, 4.69) is 28.6 Å². The first-order valence-corrected chi connectivity index (χ1v) is 7.60. The van der Waals surface area contributed by atoms with Gasteiger partial charge in [-0.2, -0.15) is 0 Å². The van der Waals surface area contributed by atoms with Crippen LogP contribution in [-0.2, 0) is 0 Å². The van der Waals surface area contributed by atoms with Gasteiger partial charge in [-0.1, -0.05) is 6.58 Å². The standard InChI is InChI=1S/C15H28N4/c1-3-17-14-5-4-6-15(11-14)19-9-7-18(8-10-19)13(2)12-16/h3,12-17H,1,4-11H2,2H3/t13?,14-,15+/m0/s1. The van der Waals surface area contributed by atoms with Crippen molar-refractivity contribution in [2.24, 2.45) is 0 Å². The van der Waals surface area contributed by atoms with Crippen LogP contribution in [0.15, 0.2) is 12.8 Å².